The van der Waals surface area contributed by atoms with Crippen LogP contribution < -0.4 is 10.6 Å². The molecule has 1 aromatic rings. The van der Waals surface area contributed by atoms with E-state index in [4.69, 9.17) is 5.73 Å². The predicted molar refractivity (Wildman–Crippen MR) is 61.7 cm³/mol. The van der Waals surface area contributed by atoms with Crippen molar-refractivity contribution in [3.05, 3.63) is 29.8 Å². The van der Waals surface area contributed by atoms with Gasteiger partial charge in [-0.25, -0.2) is 0 Å². The van der Waals surface area contributed by atoms with Gasteiger partial charge in [0, 0.05) is 19.3 Å². The number of para-hydroxylation sites is 1. The highest BCUT2D eigenvalue weighted by Crippen LogP contribution is 2.18. The van der Waals surface area contributed by atoms with Crippen LogP contribution in [0.25, 0.3) is 0 Å². The predicted octanol–water partition coefficient (Wildman–Crippen LogP) is 1.77. The minimum absolute atomic E-state index is 0.557. The van der Waals surface area contributed by atoms with Gasteiger partial charge in [0.2, 0.25) is 0 Å². The number of rotatable bonds is 2. The number of guanidine groups is 1. The Kier molecular flexibility index (Phi) is 3.51. The molecular formula is C11H17N3. The molecule has 0 aliphatic heterocycles. The zero-order valence-electron chi connectivity index (χ0n) is 8.99. The lowest BCUT2D eigenvalue weighted by Crippen LogP contribution is -2.37. The second-order valence-corrected chi connectivity index (χ2v) is 3.11. The normalized spacial score (nSPS) is 11.5. The highest BCUT2D eigenvalue weighted by Gasteiger charge is 2.09. The number of aliphatic imine (C=N–C) groups is 1. The van der Waals surface area contributed by atoms with Crippen molar-refractivity contribution in [3.8, 4) is 0 Å². The van der Waals surface area contributed by atoms with E-state index >= 15 is 0 Å². The standard InChI is InChI=1S/C11H17N3/c1-4-14(11(12)13-3)10-8-6-5-7-9(10)2/h5-8H,4H2,1-3H3,(H2,12,13). The molecule has 0 aromatic heterocycles. The molecule has 0 aliphatic carbocycles. The molecule has 0 saturated heterocycles. The molecule has 3 heteroatoms. The fourth-order valence-corrected chi connectivity index (χ4v) is 1.44. The van der Waals surface area contributed by atoms with Crippen LogP contribution >= 0.6 is 0 Å². The third-order valence-electron chi connectivity index (χ3n) is 2.23. The topological polar surface area (TPSA) is 41.6 Å². The van der Waals surface area contributed by atoms with E-state index in [1.807, 2.05) is 17.0 Å². The number of benzene rings is 1. The van der Waals surface area contributed by atoms with E-state index < -0.39 is 0 Å². The smallest absolute Gasteiger partial charge is 0.195 e. The van der Waals surface area contributed by atoms with Gasteiger partial charge in [-0.2, -0.15) is 0 Å². The molecule has 0 heterocycles. The summed E-state index contributed by atoms with van der Waals surface area (Å²) in [6.07, 6.45) is 0. The van der Waals surface area contributed by atoms with Crippen LogP contribution in [0.3, 0.4) is 0 Å². The average Bonchev–Trinajstić information content (AvgIpc) is 2.21. The monoisotopic (exact) mass is 191 g/mol. The molecule has 3 nitrogen and oxygen atoms in total. The molecule has 0 aliphatic rings. The molecule has 76 valence electrons. The Morgan fingerprint density at radius 2 is 2.07 bits per heavy atom. The minimum Gasteiger partial charge on any atom is -0.370 e. The lowest BCUT2D eigenvalue weighted by molar-refractivity contribution is 1.03. The second kappa shape index (κ2) is 4.65. The maximum Gasteiger partial charge on any atom is 0.195 e. The van der Waals surface area contributed by atoms with E-state index in [2.05, 4.69) is 31.0 Å². The largest absolute Gasteiger partial charge is 0.370 e. The summed E-state index contributed by atoms with van der Waals surface area (Å²) in [5.74, 6) is 0.557. The molecule has 1 rings (SSSR count). The van der Waals surface area contributed by atoms with Gasteiger partial charge in [0.15, 0.2) is 5.96 Å². The van der Waals surface area contributed by atoms with Gasteiger partial charge >= 0.3 is 0 Å². The first kappa shape index (κ1) is 10.6. The zero-order valence-corrected chi connectivity index (χ0v) is 8.99. The van der Waals surface area contributed by atoms with Crippen LogP contribution in [0, 0.1) is 6.92 Å². The zero-order chi connectivity index (χ0) is 10.6. The van der Waals surface area contributed by atoms with Gasteiger partial charge in [0.25, 0.3) is 0 Å². The molecule has 0 unspecified atom stereocenters. The van der Waals surface area contributed by atoms with Crippen LogP contribution in [-0.2, 0) is 0 Å². The molecule has 0 amide bonds. The lowest BCUT2D eigenvalue weighted by Gasteiger charge is -2.23. The van der Waals surface area contributed by atoms with Crippen LogP contribution in [0.5, 0.6) is 0 Å². The SMILES string of the molecule is CCN(C(N)=NC)c1ccccc1C. The van der Waals surface area contributed by atoms with E-state index in [1.165, 1.54) is 5.56 Å². The Morgan fingerprint density at radius 1 is 1.43 bits per heavy atom. The van der Waals surface area contributed by atoms with Gasteiger partial charge in [-0.1, -0.05) is 18.2 Å². The van der Waals surface area contributed by atoms with Gasteiger partial charge in [0.05, 0.1) is 0 Å². The van der Waals surface area contributed by atoms with Crippen molar-refractivity contribution in [2.24, 2.45) is 10.7 Å². The summed E-state index contributed by atoms with van der Waals surface area (Å²) in [6, 6.07) is 8.15. The van der Waals surface area contributed by atoms with Crippen molar-refractivity contribution in [1.29, 1.82) is 0 Å². The number of anilines is 1. The van der Waals surface area contributed by atoms with Crippen LogP contribution in [0.4, 0.5) is 5.69 Å². The van der Waals surface area contributed by atoms with Crippen molar-refractivity contribution >= 4 is 11.6 Å². The van der Waals surface area contributed by atoms with E-state index in [0.29, 0.717) is 5.96 Å². The molecule has 2 N–H and O–H groups in total. The van der Waals surface area contributed by atoms with Crippen molar-refractivity contribution in [3.63, 3.8) is 0 Å². The fraction of sp³-hybridized carbons (Fsp3) is 0.364. The Balaban J connectivity index is 3.07. The second-order valence-electron chi connectivity index (χ2n) is 3.11. The number of nitrogens with zero attached hydrogens (tertiary/aromatic N) is 2. The first-order chi connectivity index (χ1) is 6.70. The van der Waals surface area contributed by atoms with E-state index in [-0.39, 0.29) is 0 Å². The van der Waals surface area contributed by atoms with E-state index in [1.54, 1.807) is 7.05 Å². The van der Waals surface area contributed by atoms with Crippen molar-refractivity contribution in [2.75, 3.05) is 18.5 Å². The minimum atomic E-state index is 0.557. The van der Waals surface area contributed by atoms with Gasteiger partial charge in [-0.3, -0.25) is 4.99 Å². The maximum absolute atomic E-state index is 5.80. The molecule has 0 fully saturated rings. The van der Waals surface area contributed by atoms with Crippen molar-refractivity contribution < 1.29 is 0 Å². The summed E-state index contributed by atoms with van der Waals surface area (Å²) in [6.45, 7) is 4.96. The number of hydrogen-bond donors (Lipinski definition) is 1. The molecule has 0 saturated carbocycles. The average molecular weight is 191 g/mol. The molecule has 0 spiro atoms. The molecule has 0 bridgehead atoms. The van der Waals surface area contributed by atoms with E-state index in [0.717, 1.165) is 12.2 Å². The first-order valence-corrected chi connectivity index (χ1v) is 4.76. The molecule has 14 heavy (non-hydrogen) atoms. The molecular weight excluding hydrogens is 174 g/mol. The third kappa shape index (κ3) is 2.05. The Morgan fingerprint density at radius 3 is 2.57 bits per heavy atom. The Labute approximate surface area is 85.3 Å². The van der Waals surface area contributed by atoms with Gasteiger partial charge in [-0.15, -0.1) is 0 Å². The molecule has 1 aromatic carbocycles. The third-order valence-corrected chi connectivity index (χ3v) is 2.23. The van der Waals surface area contributed by atoms with E-state index in [9.17, 15) is 0 Å². The summed E-state index contributed by atoms with van der Waals surface area (Å²) < 4.78 is 0. The summed E-state index contributed by atoms with van der Waals surface area (Å²) in [4.78, 5) is 5.99. The van der Waals surface area contributed by atoms with Gasteiger partial charge in [-0.05, 0) is 25.5 Å². The molecule has 0 radical (unpaired) electrons. The number of aryl methyl sites for hydroxylation is 1. The quantitative estimate of drug-likeness (QED) is 0.571. The van der Waals surface area contributed by atoms with Crippen molar-refractivity contribution in [2.45, 2.75) is 13.8 Å². The highest BCUT2D eigenvalue weighted by atomic mass is 15.2. The van der Waals surface area contributed by atoms with Gasteiger partial charge < -0.3 is 10.6 Å². The number of hydrogen-bond acceptors (Lipinski definition) is 1. The first-order valence-electron chi connectivity index (χ1n) is 4.76. The Hall–Kier alpha value is -1.51. The van der Waals surface area contributed by atoms with Crippen LogP contribution in [0.2, 0.25) is 0 Å². The maximum atomic E-state index is 5.80. The van der Waals surface area contributed by atoms with Crippen LogP contribution in [0.1, 0.15) is 12.5 Å². The number of nitrogens with two attached hydrogens (primary N) is 1. The van der Waals surface area contributed by atoms with Crippen molar-refractivity contribution in [1.82, 2.24) is 0 Å². The fourth-order valence-electron chi connectivity index (χ4n) is 1.44. The lowest BCUT2D eigenvalue weighted by atomic mass is 10.2. The summed E-state index contributed by atoms with van der Waals surface area (Å²) in [7, 11) is 1.70. The molecule has 0 atom stereocenters. The summed E-state index contributed by atoms with van der Waals surface area (Å²) in [5, 5.41) is 0. The summed E-state index contributed by atoms with van der Waals surface area (Å²) >= 11 is 0. The van der Waals surface area contributed by atoms with Gasteiger partial charge in [0.1, 0.15) is 0 Å². The Bertz CT molecular complexity index is 331. The summed E-state index contributed by atoms with van der Waals surface area (Å²) in [5.41, 5.74) is 8.14. The van der Waals surface area contributed by atoms with Crippen LogP contribution in [0.15, 0.2) is 29.3 Å². The van der Waals surface area contributed by atoms with Crippen LogP contribution in [-0.4, -0.2) is 19.6 Å². The highest BCUT2D eigenvalue weighted by molar-refractivity contribution is 5.95.